The van der Waals surface area contributed by atoms with Crippen LogP contribution in [0, 0.1) is 5.92 Å². The van der Waals surface area contributed by atoms with Gasteiger partial charge in [0.25, 0.3) is 11.8 Å². The number of nitrogens with one attached hydrogen (secondary N) is 2. The van der Waals surface area contributed by atoms with Crippen LogP contribution in [0.5, 0.6) is 5.75 Å². The zero-order chi connectivity index (χ0) is 20.8. The number of para-hydroxylation sites is 1. The van der Waals surface area contributed by atoms with Crippen LogP contribution in [0.2, 0.25) is 0 Å². The van der Waals surface area contributed by atoms with Gasteiger partial charge in [-0.2, -0.15) is 0 Å². The number of rotatable bonds is 9. The van der Waals surface area contributed by atoms with E-state index in [9.17, 15) is 19.5 Å². The van der Waals surface area contributed by atoms with E-state index < -0.39 is 11.9 Å². The van der Waals surface area contributed by atoms with Gasteiger partial charge in [-0.05, 0) is 55.2 Å². The van der Waals surface area contributed by atoms with Crippen LogP contribution in [-0.2, 0) is 11.2 Å². The number of aliphatic carboxylic acids is 1. The number of benzene rings is 2. The fourth-order valence-corrected chi connectivity index (χ4v) is 2.97. The quantitative estimate of drug-likeness (QED) is 0.603. The minimum atomic E-state index is -0.997. The van der Waals surface area contributed by atoms with Gasteiger partial charge in [0.05, 0.1) is 13.0 Å². The normalized spacial score (nSPS) is 14.0. The van der Waals surface area contributed by atoms with Crippen molar-refractivity contribution in [1.82, 2.24) is 10.6 Å². The largest absolute Gasteiger partial charge is 0.496 e. The van der Waals surface area contributed by atoms with Gasteiger partial charge >= 0.3 is 5.97 Å². The third-order valence-electron chi connectivity index (χ3n) is 4.84. The van der Waals surface area contributed by atoms with Crippen molar-refractivity contribution in [2.75, 3.05) is 13.7 Å². The number of carboxylic acids is 1. The van der Waals surface area contributed by atoms with Crippen LogP contribution in [0.3, 0.4) is 0 Å². The van der Waals surface area contributed by atoms with Crippen molar-refractivity contribution in [1.29, 1.82) is 0 Å². The van der Waals surface area contributed by atoms with Gasteiger partial charge in [0, 0.05) is 23.7 Å². The average Bonchev–Trinajstić information content (AvgIpc) is 3.55. The first-order valence-corrected chi connectivity index (χ1v) is 9.51. The molecule has 1 saturated carbocycles. The molecule has 0 saturated heterocycles. The number of carbonyl (C=O) groups is 3. The number of carbonyl (C=O) groups excluding carboxylic acids is 2. The van der Waals surface area contributed by atoms with Crippen LogP contribution in [0.25, 0.3) is 0 Å². The number of methoxy groups -OCH3 is 1. The maximum atomic E-state index is 12.4. The lowest BCUT2D eigenvalue weighted by Gasteiger charge is -2.15. The molecule has 1 aliphatic rings. The molecule has 2 aromatic carbocycles. The van der Waals surface area contributed by atoms with Crippen molar-refractivity contribution in [2.45, 2.75) is 25.3 Å². The molecule has 0 spiro atoms. The van der Waals surface area contributed by atoms with Gasteiger partial charge in [-0.1, -0.05) is 18.2 Å². The fraction of sp³-hybridized carbons (Fsp3) is 0.318. The Kier molecular flexibility index (Phi) is 6.49. The first-order chi connectivity index (χ1) is 14.0. The summed E-state index contributed by atoms with van der Waals surface area (Å²) >= 11 is 0. The van der Waals surface area contributed by atoms with E-state index in [0.717, 1.165) is 18.4 Å². The van der Waals surface area contributed by atoms with Gasteiger partial charge in [0.1, 0.15) is 5.75 Å². The Morgan fingerprint density at radius 2 is 1.66 bits per heavy atom. The maximum Gasteiger partial charge on any atom is 0.308 e. The highest BCUT2D eigenvalue weighted by Crippen LogP contribution is 2.21. The topological polar surface area (TPSA) is 105 Å². The molecule has 1 fully saturated rings. The molecular weight excluding hydrogens is 372 g/mol. The molecule has 0 aliphatic heterocycles. The van der Waals surface area contributed by atoms with E-state index in [1.165, 1.54) is 7.11 Å². The summed E-state index contributed by atoms with van der Waals surface area (Å²) in [6.07, 6.45) is 2.25. The number of hydrogen-bond acceptors (Lipinski definition) is 4. The molecule has 3 N–H and O–H groups in total. The lowest BCUT2D eigenvalue weighted by atomic mass is 9.98. The van der Waals surface area contributed by atoms with Crippen molar-refractivity contribution >= 4 is 17.8 Å². The standard InChI is InChI=1S/C22H24N2O5/c1-29-19-5-3-2-4-16(19)12-17(22(27)28)13-23-20(25)14-6-8-15(9-7-14)21(26)24-18-10-11-18/h2-9,17-18H,10-13H2,1H3,(H,23,25)(H,24,26)(H,27,28). The average molecular weight is 396 g/mol. The summed E-state index contributed by atoms with van der Waals surface area (Å²) in [4.78, 5) is 36.0. The lowest BCUT2D eigenvalue weighted by molar-refractivity contribution is -0.141. The molecule has 3 rings (SSSR count). The summed E-state index contributed by atoms with van der Waals surface area (Å²) in [7, 11) is 1.53. The van der Waals surface area contributed by atoms with Crippen LogP contribution in [0.1, 0.15) is 39.1 Å². The highest BCUT2D eigenvalue weighted by atomic mass is 16.5. The van der Waals surface area contributed by atoms with Crippen molar-refractivity contribution in [2.24, 2.45) is 5.92 Å². The SMILES string of the molecule is COc1ccccc1CC(CNC(=O)c1ccc(C(=O)NC2CC2)cc1)C(=O)O. The summed E-state index contributed by atoms with van der Waals surface area (Å²) in [6, 6.07) is 13.8. The second kappa shape index (κ2) is 9.23. The fourth-order valence-electron chi connectivity index (χ4n) is 2.97. The molecule has 29 heavy (non-hydrogen) atoms. The first-order valence-electron chi connectivity index (χ1n) is 9.51. The maximum absolute atomic E-state index is 12.4. The Morgan fingerprint density at radius 3 is 2.24 bits per heavy atom. The molecule has 1 unspecified atom stereocenters. The van der Waals surface area contributed by atoms with Crippen LogP contribution in [0.15, 0.2) is 48.5 Å². The van der Waals surface area contributed by atoms with Crippen molar-refractivity contribution in [3.8, 4) is 5.75 Å². The first kappa shape index (κ1) is 20.4. The summed E-state index contributed by atoms with van der Waals surface area (Å²) in [5.41, 5.74) is 1.63. The molecule has 152 valence electrons. The molecule has 0 bridgehead atoms. The van der Waals surface area contributed by atoms with Crippen LogP contribution < -0.4 is 15.4 Å². The molecule has 0 heterocycles. The van der Waals surface area contributed by atoms with E-state index in [4.69, 9.17) is 4.74 Å². The Labute approximate surface area is 169 Å². The van der Waals surface area contributed by atoms with Crippen molar-refractivity contribution in [3.05, 3.63) is 65.2 Å². The van der Waals surface area contributed by atoms with E-state index in [1.54, 1.807) is 30.3 Å². The van der Waals surface area contributed by atoms with E-state index in [-0.39, 0.29) is 30.8 Å². The second-order valence-electron chi connectivity index (χ2n) is 7.09. The zero-order valence-electron chi connectivity index (χ0n) is 16.2. The Morgan fingerprint density at radius 1 is 1.03 bits per heavy atom. The molecule has 2 amide bonds. The Bertz CT molecular complexity index is 890. The van der Waals surface area contributed by atoms with Crippen molar-refractivity contribution < 1.29 is 24.2 Å². The van der Waals surface area contributed by atoms with Gasteiger partial charge < -0.3 is 20.5 Å². The summed E-state index contributed by atoms with van der Waals surface area (Å²) in [5, 5.41) is 15.1. The molecular formula is C22H24N2O5. The van der Waals surface area contributed by atoms with Gasteiger partial charge in [-0.15, -0.1) is 0 Å². The van der Waals surface area contributed by atoms with Gasteiger partial charge in [-0.3, -0.25) is 14.4 Å². The third kappa shape index (κ3) is 5.57. The lowest BCUT2D eigenvalue weighted by Crippen LogP contribution is -2.34. The number of hydrogen-bond donors (Lipinski definition) is 3. The molecule has 2 aromatic rings. The molecule has 0 radical (unpaired) electrons. The monoisotopic (exact) mass is 396 g/mol. The van der Waals surface area contributed by atoms with Crippen LogP contribution >= 0.6 is 0 Å². The second-order valence-corrected chi connectivity index (χ2v) is 7.09. The van der Waals surface area contributed by atoms with E-state index in [1.807, 2.05) is 18.2 Å². The third-order valence-corrected chi connectivity index (χ3v) is 4.84. The highest BCUT2D eigenvalue weighted by Gasteiger charge is 2.24. The molecule has 7 heteroatoms. The zero-order valence-corrected chi connectivity index (χ0v) is 16.2. The predicted molar refractivity (Wildman–Crippen MR) is 107 cm³/mol. The van der Waals surface area contributed by atoms with E-state index in [2.05, 4.69) is 10.6 Å². The molecule has 1 atom stereocenters. The van der Waals surface area contributed by atoms with Gasteiger partial charge in [0.2, 0.25) is 0 Å². The summed E-state index contributed by atoms with van der Waals surface area (Å²) in [6.45, 7) is -0.0177. The number of ether oxygens (including phenoxy) is 1. The Hall–Kier alpha value is -3.35. The Balaban J connectivity index is 1.58. The van der Waals surface area contributed by atoms with Crippen LogP contribution in [0.4, 0.5) is 0 Å². The van der Waals surface area contributed by atoms with E-state index >= 15 is 0 Å². The summed E-state index contributed by atoms with van der Waals surface area (Å²) in [5.74, 6) is -1.71. The van der Waals surface area contributed by atoms with E-state index in [0.29, 0.717) is 16.9 Å². The predicted octanol–water partition coefficient (Wildman–Crippen LogP) is 2.26. The van der Waals surface area contributed by atoms with Gasteiger partial charge in [0.15, 0.2) is 0 Å². The summed E-state index contributed by atoms with van der Waals surface area (Å²) < 4.78 is 5.27. The smallest absolute Gasteiger partial charge is 0.308 e. The van der Waals surface area contributed by atoms with Crippen LogP contribution in [-0.4, -0.2) is 42.6 Å². The minimum absolute atomic E-state index is 0.0177. The van der Waals surface area contributed by atoms with Gasteiger partial charge in [-0.25, -0.2) is 0 Å². The minimum Gasteiger partial charge on any atom is -0.496 e. The molecule has 7 nitrogen and oxygen atoms in total. The number of carboxylic acid groups (broad SMARTS) is 1. The number of amides is 2. The van der Waals surface area contributed by atoms with Crippen molar-refractivity contribution in [3.63, 3.8) is 0 Å². The highest BCUT2D eigenvalue weighted by molar-refractivity contribution is 5.98. The molecule has 0 aromatic heterocycles. The molecule has 1 aliphatic carbocycles.